The molecule has 0 atom stereocenters. The SMILES string of the molecule is O=C(COC(=O)C1=Cc2ccccc2OC1)NNC(=O)c1ccccc1. The van der Waals surface area contributed by atoms with Gasteiger partial charge in [-0.25, -0.2) is 4.79 Å². The van der Waals surface area contributed by atoms with Gasteiger partial charge in [0.25, 0.3) is 11.8 Å². The fourth-order valence-electron chi connectivity index (χ4n) is 2.28. The van der Waals surface area contributed by atoms with Crippen LogP contribution < -0.4 is 15.6 Å². The Bertz CT molecular complexity index is 861. The number of esters is 1. The van der Waals surface area contributed by atoms with Gasteiger partial charge in [-0.05, 0) is 24.3 Å². The first kappa shape index (κ1) is 17.2. The standard InChI is InChI=1S/C19H16N2O5/c22-17(20-21-18(23)13-6-2-1-3-7-13)12-26-19(24)15-10-14-8-4-5-9-16(14)25-11-15/h1-10H,11-12H2,(H,20,22)(H,21,23). The number of hydrogen-bond donors (Lipinski definition) is 2. The van der Waals surface area contributed by atoms with E-state index in [4.69, 9.17) is 9.47 Å². The zero-order valence-electron chi connectivity index (χ0n) is 13.7. The second-order valence-electron chi connectivity index (χ2n) is 5.44. The van der Waals surface area contributed by atoms with Crippen LogP contribution in [0.5, 0.6) is 5.75 Å². The van der Waals surface area contributed by atoms with Crippen LogP contribution in [-0.2, 0) is 14.3 Å². The maximum absolute atomic E-state index is 12.0. The van der Waals surface area contributed by atoms with Gasteiger partial charge >= 0.3 is 5.97 Å². The predicted octanol–water partition coefficient (Wildman–Crippen LogP) is 1.47. The van der Waals surface area contributed by atoms with E-state index in [1.807, 2.05) is 18.2 Å². The molecule has 0 saturated carbocycles. The molecule has 132 valence electrons. The number of carbonyl (C=O) groups excluding carboxylic acids is 3. The highest BCUT2D eigenvalue weighted by atomic mass is 16.5. The Balaban J connectivity index is 1.47. The summed E-state index contributed by atoms with van der Waals surface area (Å²) in [6, 6.07) is 15.7. The Hall–Kier alpha value is -3.61. The van der Waals surface area contributed by atoms with Crippen molar-refractivity contribution < 1.29 is 23.9 Å². The third-order valence-electron chi connectivity index (χ3n) is 3.58. The van der Waals surface area contributed by atoms with E-state index in [0.717, 1.165) is 5.56 Å². The van der Waals surface area contributed by atoms with E-state index in [9.17, 15) is 14.4 Å². The van der Waals surface area contributed by atoms with Crippen molar-refractivity contribution in [2.24, 2.45) is 0 Å². The van der Waals surface area contributed by atoms with Crippen molar-refractivity contribution in [1.82, 2.24) is 10.9 Å². The predicted molar refractivity (Wildman–Crippen MR) is 92.9 cm³/mol. The van der Waals surface area contributed by atoms with E-state index in [1.54, 1.807) is 42.5 Å². The van der Waals surface area contributed by atoms with Gasteiger partial charge in [0.2, 0.25) is 0 Å². The van der Waals surface area contributed by atoms with E-state index in [-0.39, 0.29) is 6.61 Å². The molecule has 1 aliphatic rings. The van der Waals surface area contributed by atoms with Crippen LogP contribution in [0.15, 0.2) is 60.2 Å². The van der Waals surface area contributed by atoms with Crippen molar-refractivity contribution in [3.63, 3.8) is 0 Å². The molecule has 2 amide bonds. The second kappa shape index (κ2) is 7.98. The summed E-state index contributed by atoms with van der Waals surface area (Å²) < 4.78 is 10.4. The summed E-state index contributed by atoms with van der Waals surface area (Å²) in [4.78, 5) is 35.5. The van der Waals surface area contributed by atoms with Gasteiger partial charge in [-0.2, -0.15) is 0 Å². The van der Waals surface area contributed by atoms with E-state index < -0.39 is 24.4 Å². The molecule has 0 saturated heterocycles. The number of hydrogen-bond acceptors (Lipinski definition) is 5. The van der Waals surface area contributed by atoms with Crippen molar-refractivity contribution in [2.45, 2.75) is 0 Å². The number of nitrogens with one attached hydrogen (secondary N) is 2. The fraction of sp³-hybridized carbons (Fsp3) is 0.105. The largest absolute Gasteiger partial charge is 0.488 e. The van der Waals surface area contributed by atoms with Gasteiger partial charge in [-0.1, -0.05) is 36.4 Å². The number of para-hydroxylation sites is 1. The molecule has 2 aromatic carbocycles. The number of rotatable bonds is 4. The monoisotopic (exact) mass is 352 g/mol. The highest BCUT2D eigenvalue weighted by Gasteiger charge is 2.19. The topological polar surface area (TPSA) is 93.7 Å². The van der Waals surface area contributed by atoms with Crippen LogP contribution in [0.25, 0.3) is 6.08 Å². The third kappa shape index (κ3) is 4.27. The summed E-state index contributed by atoms with van der Waals surface area (Å²) in [5.74, 6) is -1.08. The van der Waals surface area contributed by atoms with Gasteiger partial charge in [0, 0.05) is 11.1 Å². The maximum atomic E-state index is 12.0. The highest BCUT2D eigenvalue weighted by molar-refractivity contribution is 5.97. The maximum Gasteiger partial charge on any atom is 0.338 e. The molecule has 2 aromatic rings. The molecular formula is C19H16N2O5. The number of hydrazine groups is 1. The average Bonchev–Trinajstić information content (AvgIpc) is 2.70. The lowest BCUT2D eigenvalue weighted by Crippen LogP contribution is -2.43. The lowest BCUT2D eigenvalue weighted by atomic mass is 10.1. The van der Waals surface area contributed by atoms with Crippen molar-refractivity contribution in [1.29, 1.82) is 0 Å². The van der Waals surface area contributed by atoms with Crippen LogP contribution in [0.2, 0.25) is 0 Å². The summed E-state index contributed by atoms with van der Waals surface area (Å²) in [5.41, 5.74) is 5.91. The van der Waals surface area contributed by atoms with Crippen molar-refractivity contribution in [3.05, 3.63) is 71.3 Å². The van der Waals surface area contributed by atoms with Crippen molar-refractivity contribution in [3.8, 4) is 5.75 Å². The highest BCUT2D eigenvalue weighted by Crippen LogP contribution is 2.25. The molecule has 0 aromatic heterocycles. The number of amides is 2. The third-order valence-corrected chi connectivity index (χ3v) is 3.58. The van der Waals surface area contributed by atoms with Gasteiger partial charge in [-0.15, -0.1) is 0 Å². The minimum absolute atomic E-state index is 0.0716. The number of fused-ring (bicyclic) bond motifs is 1. The molecule has 26 heavy (non-hydrogen) atoms. The Kier molecular flexibility index (Phi) is 5.28. The summed E-state index contributed by atoms with van der Waals surface area (Å²) >= 11 is 0. The second-order valence-corrected chi connectivity index (χ2v) is 5.44. The van der Waals surface area contributed by atoms with Gasteiger partial charge in [-0.3, -0.25) is 20.4 Å². The molecule has 7 heteroatoms. The number of carbonyl (C=O) groups is 3. The van der Waals surface area contributed by atoms with Gasteiger partial charge in [0.1, 0.15) is 12.4 Å². The molecule has 0 radical (unpaired) electrons. The Morgan fingerprint density at radius 2 is 1.69 bits per heavy atom. The minimum atomic E-state index is -0.652. The van der Waals surface area contributed by atoms with Crippen LogP contribution in [0.3, 0.4) is 0 Å². The molecule has 2 N–H and O–H groups in total. The first-order valence-electron chi connectivity index (χ1n) is 7.87. The van der Waals surface area contributed by atoms with Gasteiger partial charge in [0.15, 0.2) is 6.61 Å². The van der Waals surface area contributed by atoms with Gasteiger partial charge in [0.05, 0.1) is 5.57 Å². The van der Waals surface area contributed by atoms with Gasteiger partial charge < -0.3 is 9.47 Å². The molecule has 0 unspecified atom stereocenters. The normalized spacial score (nSPS) is 12.1. The fourth-order valence-corrected chi connectivity index (χ4v) is 2.28. The molecule has 0 spiro atoms. The summed E-state index contributed by atoms with van der Waals surface area (Å²) in [6.07, 6.45) is 1.66. The molecule has 1 heterocycles. The zero-order chi connectivity index (χ0) is 18.4. The summed E-state index contributed by atoms with van der Waals surface area (Å²) in [5, 5.41) is 0. The first-order valence-corrected chi connectivity index (χ1v) is 7.87. The molecule has 7 nitrogen and oxygen atoms in total. The minimum Gasteiger partial charge on any atom is -0.488 e. The first-order chi connectivity index (χ1) is 12.6. The summed E-state index contributed by atoms with van der Waals surface area (Å²) in [6.45, 7) is -0.449. The van der Waals surface area contributed by atoms with E-state index in [2.05, 4.69) is 10.9 Å². The Morgan fingerprint density at radius 3 is 2.50 bits per heavy atom. The molecule has 0 aliphatic carbocycles. The van der Waals surface area contributed by atoms with Crippen LogP contribution in [0.1, 0.15) is 15.9 Å². The molecule has 0 fully saturated rings. The Morgan fingerprint density at radius 1 is 0.962 bits per heavy atom. The van der Waals surface area contributed by atoms with E-state index >= 15 is 0 Å². The van der Waals surface area contributed by atoms with Crippen LogP contribution >= 0.6 is 0 Å². The van der Waals surface area contributed by atoms with E-state index in [1.165, 1.54) is 0 Å². The molecular weight excluding hydrogens is 336 g/mol. The molecule has 0 bridgehead atoms. The lowest BCUT2D eigenvalue weighted by Gasteiger charge is -2.16. The smallest absolute Gasteiger partial charge is 0.338 e. The molecule has 1 aliphatic heterocycles. The van der Waals surface area contributed by atoms with Crippen molar-refractivity contribution >= 4 is 23.9 Å². The van der Waals surface area contributed by atoms with Crippen molar-refractivity contribution in [2.75, 3.05) is 13.2 Å². The quantitative estimate of drug-likeness (QED) is 0.642. The Labute approximate surface area is 149 Å². The zero-order valence-corrected chi connectivity index (χ0v) is 13.7. The lowest BCUT2D eigenvalue weighted by molar-refractivity contribution is -0.145. The van der Waals surface area contributed by atoms with E-state index in [0.29, 0.717) is 16.9 Å². The average molecular weight is 352 g/mol. The number of ether oxygens (including phenoxy) is 2. The van der Waals surface area contributed by atoms with Crippen LogP contribution in [0, 0.1) is 0 Å². The molecule has 3 rings (SSSR count). The van der Waals surface area contributed by atoms with Crippen LogP contribution in [-0.4, -0.2) is 31.0 Å². The summed E-state index contributed by atoms with van der Waals surface area (Å²) in [7, 11) is 0. The van der Waals surface area contributed by atoms with Crippen LogP contribution in [0.4, 0.5) is 0 Å². The number of benzene rings is 2.